The Kier molecular flexibility index (Phi) is 13.2. The average molecular weight is 1210 g/mol. The van der Waals surface area contributed by atoms with E-state index in [9.17, 15) is 0 Å². The van der Waals surface area contributed by atoms with Gasteiger partial charge in [0, 0.05) is 56.1 Å². The lowest BCUT2D eigenvalue weighted by Crippen LogP contribution is -2.61. The van der Waals surface area contributed by atoms with Gasteiger partial charge in [0.2, 0.25) is 0 Å². The third kappa shape index (κ3) is 9.41. The number of benzene rings is 9. The van der Waals surface area contributed by atoms with Gasteiger partial charge in [-0.2, -0.15) is 0 Å². The van der Waals surface area contributed by atoms with Crippen molar-refractivity contribution in [2.75, 3.05) is 14.6 Å². The molecule has 0 atom stereocenters. The van der Waals surface area contributed by atoms with E-state index in [4.69, 9.17) is 4.42 Å². The third-order valence-electron chi connectivity index (χ3n) is 23.5. The van der Waals surface area contributed by atoms with E-state index < -0.39 is 0 Å². The molecule has 468 valence electrons. The normalized spacial score (nSPS) is 18.6. The Hall–Kier alpha value is -7.76. The van der Waals surface area contributed by atoms with Crippen LogP contribution >= 0.6 is 0 Å². The predicted octanol–water partition coefficient (Wildman–Crippen LogP) is 23.4. The molecular weight excluding hydrogens is 1110 g/mol. The van der Waals surface area contributed by atoms with Crippen LogP contribution in [0.25, 0.3) is 44.2 Å². The number of rotatable bonds is 6. The van der Waals surface area contributed by atoms with Crippen molar-refractivity contribution in [3.05, 3.63) is 214 Å². The van der Waals surface area contributed by atoms with Crippen LogP contribution in [0.1, 0.15) is 213 Å². The molecule has 2 aliphatic heterocycles. The minimum absolute atomic E-state index is 0.0148. The molecule has 1 aromatic heterocycles. The van der Waals surface area contributed by atoms with Crippen molar-refractivity contribution in [3.8, 4) is 22.3 Å². The summed E-state index contributed by atoms with van der Waals surface area (Å²) in [5.41, 5.74) is 31.2. The number of anilines is 8. The fraction of sp³-hybridized carbons (Fsp3) is 0.379. The van der Waals surface area contributed by atoms with Gasteiger partial charge in [-0.15, -0.1) is 0 Å². The molecule has 0 saturated heterocycles. The van der Waals surface area contributed by atoms with Crippen LogP contribution in [0.2, 0.25) is 0 Å². The molecule has 9 aromatic carbocycles. The summed E-state index contributed by atoms with van der Waals surface area (Å²) in [5.74, 6) is 0. The molecule has 3 heterocycles. The van der Waals surface area contributed by atoms with Crippen molar-refractivity contribution in [2.24, 2.45) is 0 Å². The van der Waals surface area contributed by atoms with Crippen molar-refractivity contribution in [3.63, 3.8) is 0 Å². The van der Waals surface area contributed by atoms with Gasteiger partial charge in [-0.3, -0.25) is 0 Å². The maximum atomic E-state index is 7.76. The van der Waals surface area contributed by atoms with Crippen LogP contribution in [0.4, 0.5) is 45.5 Å². The molecule has 10 aromatic rings. The maximum absolute atomic E-state index is 7.76. The second-order valence-corrected chi connectivity index (χ2v) is 34.7. The largest absolute Gasteiger partial charge is 0.454 e. The van der Waals surface area contributed by atoms with Gasteiger partial charge in [-0.1, -0.05) is 210 Å². The van der Waals surface area contributed by atoms with Crippen molar-refractivity contribution in [2.45, 2.75) is 213 Å². The number of hydrogen-bond acceptors (Lipinski definition) is 4. The second kappa shape index (κ2) is 20.1. The van der Waals surface area contributed by atoms with Crippen LogP contribution in [-0.4, -0.2) is 6.85 Å². The zero-order chi connectivity index (χ0) is 64.9. The van der Waals surface area contributed by atoms with Crippen molar-refractivity contribution >= 4 is 85.2 Å². The molecule has 0 N–H and O–H groups in total. The Bertz CT molecular complexity index is 4610. The summed E-state index contributed by atoms with van der Waals surface area (Å²) in [5, 5.41) is 2.36. The monoisotopic (exact) mass is 1210 g/mol. The summed E-state index contributed by atoms with van der Waals surface area (Å²) >= 11 is 0. The van der Waals surface area contributed by atoms with Gasteiger partial charge in [0.15, 0.2) is 5.58 Å². The Balaban J connectivity index is 1.11. The SMILES string of the molecule is Cc1cc2c(cc1N1c3cc(-c4ccccc4)ccc3B3c4c(cc(N(c5ccc(C(C)(C)C)cc5)c5ccc(C(C)(C)C)cc5)cc41)-c1ccc4c(oc5cc6c(cc54)C(C)(C)CCC6(C)C)c1N3c1ccc3c(c1)C(C)(C)CCC3(C)C)C(C)(C)CCC2(C)C. The molecule has 4 nitrogen and oxygen atoms in total. The van der Waals surface area contributed by atoms with Gasteiger partial charge in [0.1, 0.15) is 5.58 Å². The highest BCUT2D eigenvalue weighted by molar-refractivity contribution is 6.94. The molecule has 0 fully saturated rings. The predicted molar refractivity (Wildman–Crippen MR) is 396 cm³/mol. The molecule has 0 bridgehead atoms. The van der Waals surface area contributed by atoms with E-state index in [0.717, 1.165) is 77.8 Å². The molecule has 5 heteroatoms. The highest BCUT2D eigenvalue weighted by atomic mass is 16.3. The minimum atomic E-state index is -0.265. The van der Waals surface area contributed by atoms with E-state index >= 15 is 0 Å². The number of aryl methyl sites for hydroxylation is 1. The van der Waals surface area contributed by atoms with Gasteiger partial charge in [-0.25, -0.2) is 0 Å². The van der Waals surface area contributed by atoms with Crippen molar-refractivity contribution in [1.29, 1.82) is 0 Å². The van der Waals surface area contributed by atoms with Gasteiger partial charge in [0.25, 0.3) is 0 Å². The number of nitrogens with zero attached hydrogens (tertiary/aromatic N) is 3. The fourth-order valence-electron chi connectivity index (χ4n) is 17.1. The first-order valence-electron chi connectivity index (χ1n) is 34.6. The molecule has 0 spiro atoms. The highest BCUT2D eigenvalue weighted by Gasteiger charge is 2.49. The average Bonchev–Trinajstić information content (AvgIpc) is 1.03. The third-order valence-corrected chi connectivity index (χ3v) is 23.5. The number of fused-ring (bicyclic) bond motifs is 11. The lowest BCUT2D eigenvalue weighted by atomic mass is 9.43. The summed E-state index contributed by atoms with van der Waals surface area (Å²) in [6, 6.07) is 65.1. The second-order valence-electron chi connectivity index (χ2n) is 34.7. The van der Waals surface area contributed by atoms with E-state index in [2.05, 4.69) is 310 Å². The quantitative estimate of drug-likeness (QED) is 0.155. The van der Waals surface area contributed by atoms with Crippen LogP contribution in [0.3, 0.4) is 0 Å². The first kappa shape index (κ1) is 60.5. The molecule has 0 amide bonds. The summed E-state index contributed by atoms with van der Waals surface area (Å²) in [6.45, 7) is 45.6. The molecular formula is C87H96BN3O. The molecule has 15 rings (SSSR count). The minimum Gasteiger partial charge on any atom is -0.454 e. The zero-order valence-electron chi connectivity index (χ0n) is 58.7. The van der Waals surface area contributed by atoms with Crippen LogP contribution in [0.5, 0.6) is 0 Å². The lowest BCUT2D eigenvalue weighted by Gasteiger charge is -2.48. The maximum Gasteiger partial charge on any atom is 0.333 e. The fourth-order valence-corrected chi connectivity index (χ4v) is 17.1. The van der Waals surface area contributed by atoms with Crippen LogP contribution < -0.4 is 25.5 Å². The van der Waals surface area contributed by atoms with Gasteiger partial charge in [-0.05, 0) is 245 Å². The Morgan fingerprint density at radius 1 is 0.413 bits per heavy atom. The van der Waals surface area contributed by atoms with Gasteiger partial charge < -0.3 is 19.0 Å². The summed E-state index contributed by atoms with van der Waals surface area (Å²) < 4.78 is 7.76. The Labute approximate surface area is 550 Å². The summed E-state index contributed by atoms with van der Waals surface area (Å²) in [7, 11) is 0. The summed E-state index contributed by atoms with van der Waals surface area (Å²) in [4.78, 5) is 8.01. The summed E-state index contributed by atoms with van der Waals surface area (Å²) in [6.07, 6.45) is 6.84. The molecule has 0 saturated carbocycles. The standard InChI is InChI=1S/C87H96BN3O/c1-53-45-67-70(86(16,17)43-41-83(67,10)11)51-73(53)90-74-46-55(54-23-21-20-22-24-54)25-38-72(74)88-77-65(47-61(49-75(77)90)89(58-30-26-56(27-31-58)80(2,3)4)59-32-28-57(29-33-59)81(5,6)7)62-35-36-63-64-50-69-71(87(18,19)44-42-85(69,14)15)52-76(64)92-79(63)78(62)91(88)60-34-37-66-68(48-60)84(12,13)40-39-82(66,8)9/h20-38,45-52H,39-44H2,1-19H3. The first-order chi connectivity index (χ1) is 43.2. The lowest BCUT2D eigenvalue weighted by molar-refractivity contribution is 0.332. The van der Waals surface area contributed by atoms with Crippen LogP contribution in [-0.2, 0) is 43.3 Å². The van der Waals surface area contributed by atoms with Crippen molar-refractivity contribution < 1.29 is 4.42 Å². The van der Waals surface area contributed by atoms with Gasteiger partial charge >= 0.3 is 6.85 Å². The molecule has 0 radical (unpaired) electrons. The number of furan rings is 1. The van der Waals surface area contributed by atoms with Crippen LogP contribution in [0, 0.1) is 6.92 Å². The van der Waals surface area contributed by atoms with E-state index in [1.165, 1.54) is 111 Å². The molecule has 0 unspecified atom stereocenters. The van der Waals surface area contributed by atoms with E-state index in [1.54, 1.807) is 0 Å². The zero-order valence-corrected chi connectivity index (χ0v) is 58.7. The topological polar surface area (TPSA) is 22.9 Å². The molecule has 92 heavy (non-hydrogen) atoms. The smallest absolute Gasteiger partial charge is 0.333 e. The Morgan fingerprint density at radius 3 is 1.50 bits per heavy atom. The Morgan fingerprint density at radius 2 is 0.935 bits per heavy atom. The van der Waals surface area contributed by atoms with E-state index in [1.807, 2.05) is 0 Å². The van der Waals surface area contributed by atoms with Gasteiger partial charge in [0.05, 0.1) is 5.69 Å². The van der Waals surface area contributed by atoms with E-state index in [-0.39, 0.29) is 50.2 Å². The highest BCUT2D eigenvalue weighted by Crippen LogP contribution is 2.58. The van der Waals surface area contributed by atoms with Crippen LogP contribution in [0.15, 0.2) is 168 Å². The molecule has 5 aliphatic rings. The number of hydrogen-bond donors (Lipinski definition) is 0. The van der Waals surface area contributed by atoms with E-state index in [0.29, 0.717) is 0 Å². The molecule has 3 aliphatic carbocycles. The first-order valence-corrected chi connectivity index (χ1v) is 34.6. The van der Waals surface area contributed by atoms with Crippen molar-refractivity contribution in [1.82, 2.24) is 0 Å².